The number of ether oxygens (including phenoxy) is 1. The molecule has 0 aliphatic carbocycles. The number of methoxy groups -OCH3 is 1. The molecule has 0 fully saturated rings. The second-order valence-corrected chi connectivity index (χ2v) is 6.76. The lowest BCUT2D eigenvalue weighted by atomic mass is 10.1. The fraction of sp³-hybridized carbons (Fsp3) is 0.190. The molecule has 0 atom stereocenters. The highest BCUT2D eigenvalue weighted by molar-refractivity contribution is 6.30. The molecule has 0 aliphatic heterocycles. The van der Waals surface area contributed by atoms with Crippen LogP contribution in [0.3, 0.4) is 0 Å². The van der Waals surface area contributed by atoms with Crippen LogP contribution >= 0.6 is 11.6 Å². The minimum absolute atomic E-state index is 0.215. The minimum Gasteiger partial charge on any atom is -0.497 e. The Morgan fingerprint density at radius 2 is 1.86 bits per heavy atom. The molecule has 2 aromatic carbocycles. The summed E-state index contributed by atoms with van der Waals surface area (Å²) >= 11 is 5.89. The summed E-state index contributed by atoms with van der Waals surface area (Å²) in [6, 6.07) is 14.9. The van der Waals surface area contributed by atoms with Crippen LogP contribution in [0, 0.1) is 0 Å². The molecule has 3 N–H and O–H groups in total. The van der Waals surface area contributed by atoms with E-state index in [0.29, 0.717) is 29.3 Å². The maximum Gasteiger partial charge on any atom is 0.273 e. The Bertz CT molecular complexity index is 1050. The van der Waals surface area contributed by atoms with E-state index in [0.717, 1.165) is 22.7 Å². The summed E-state index contributed by atoms with van der Waals surface area (Å²) in [5.41, 5.74) is 3.46. The summed E-state index contributed by atoms with van der Waals surface area (Å²) < 4.78 is 5.13. The number of anilines is 1. The van der Waals surface area contributed by atoms with Gasteiger partial charge in [0, 0.05) is 29.4 Å². The lowest BCUT2D eigenvalue weighted by Gasteiger charge is -2.06. The Hall–Kier alpha value is -3.32. The van der Waals surface area contributed by atoms with Crippen molar-refractivity contribution in [3.05, 3.63) is 80.7 Å². The number of hydrogen-bond donors (Lipinski definition) is 3. The largest absolute Gasteiger partial charge is 0.497 e. The van der Waals surface area contributed by atoms with E-state index in [2.05, 4.69) is 25.7 Å². The molecule has 0 radical (unpaired) electrons. The molecule has 8 heteroatoms. The van der Waals surface area contributed by atoms with Crippen molar-refractivity contribution in [2.24, 2.45) is 10.2 Å². The summed E-state index contributed by atoms with van der Waals surface area (Å²) in [6.45, 7) is 2.41. The predicted molar refractivity (Wildman–Crippen MR) is 118 cm³/mol. The molecule has 0 aliphatic rings. The molecule has 0 saturated heterocycles. The van der Waals surface area contributed by atoms with Gasteiger partial charge in [-0.05, 0) is 61.0 Å². The van der Waals surface area contributed by atoms with Crippen LogP contribution in [0.15, 0.2) is 63.5 Å². The number of aromatic amines is 2. The highest BCUT2D eigenvalue weighted by atomic mass is 35.5. The SMILES string of the molecule is COc1ccc(C=NN=C(C)c2c(CCNc3ccc(Cl)cc3)[nH][nH]c2=O)cc1. The van der Waals surface area contributed by atoms with E-state index < -0.39 is 0 Å². The van der Waals surface area contributed by atoms with Crippen LogP contribution in [0.2, 0.25) is 5.02 Å². The van der Waals surface area contributed by atoms with Gasteiger partial charge in [-0.25, -0.2) is 0 Å². The molecule has 1 aromatic heterocycles. The zero-order valence-electron chi connectivity index (χ0n) is 16.2. The van der Waals surface area contributed by atoms with Gasteiger partial charge in [0.1, 0.15) is 5.75 Å². The van der Waals surface area contributed by atoms with E-state index >= 15 is 0 Å². The molecule has 0 saturated carbocycles. The third kappa shape index (κ3) is 5.58. The molecule has 7 nitrogen and oxygen atoms in total. The Kier molecular flexibility index (Phi) is 6.86. The summed E-state index contributed by atoms with van der Waals surface area (Å²) in [6.07, 6.45) is 2.25. The molecule has 0 amide bonds. The van der Waals surface area contributed by atoms with Crippen LogP contribution in [0.5, 0.6) is 5.75 Å². The van der Waals surface area contributed by atoms with E-state index in [9.17, 15) is 4.79 Å². The Balaban J connectivity index is 1.65. The fourth-order valence-electron chi connectivity index (χ4n) is 2.79. The topological polar surface area (TPSA) is 94.6 Å². The van der Waals surface area contributed by atoms with Crippen LogP contribution in [0.25, 0.3) is 0 Å². The van der Waals surface area contributed by atoms with Gasteiger partial charge >= 0.3 is 0 Å². The number of aromatic nitrogens is 2. The van der Waals surface area contributed by atoms with Crippen LogP contribution in [0.4, 0.5) is 5.69 Å². The highest BCUT2D eigenvalue weighted by Crippen LogP contribution is 2.14. The van der Waals surface area contributed by atoms with Gasteiger partial charge in [0.2, 0.25) is 0 Å². The lowest BCUT2D eigenvalue weighted by Crippen LogP contribution is -2.14. The predicted octanol–water partition coefficient (Wildman–Crippen LogP) is 3.86. The van der Waals surface area contributed by atoms with Gasteiger partial charge in [0.25, 0.3) is 5.56 Å². The Morgan fingerprint density at radius 1 is 1.14 bits per heavy atom. The van der Waals surface area contributed by atoms with E-state index in [1.165, 1.54) is 0 Å². The van der Waals surface area contributed by atoms with Crippen molar-refractivity contribution in [1.82, 2.24) is 10.2 Å². The number of H-pyrrole nitrogens is 2. The highest BCUT2D eigenvalue weighted by Gasteiger charge is 2.12. The molecule has 0 unspecified atom stereocenters. The third-order valence-corrected chi connectivity index (χ3v) is 4.55. The van der Waals surface area contributed by atoms with E-state index in [4.69, 9.17) is 16.3 Å². The first-order chi connectivity index (χ1) is 14.1. The molecule has 29 heavy (non-hydrogen) atoms. The number of benzene rings is 2. The number of nitrogens with zero attached hydrogens (tertiary/aromatic N) is 2. The van der Waals surface area contributed by atoms with Gasteiger partial charge in [-0.3, -0.25) is 9.89 Å². The summed E-state index contributed by atoms with van der Waals surface area (Å²) in [5.74, 6) is 0.775. The second-order valence-electron chi connectivity index (χ2n) is 6.32. The second kappa shape index (κ2) is 9.75. The fourth-order valence-corrected chi connectivity index (χ4v) is 2.91. The van der Waals surface area contributed by atoms with E-state index in [1.54, 1.807) is 20.2 Å². The maximum atomic E-state index is 12.2. The van der Waals surface area contributed by atoms with Gasteiger partial charge in [0.05, 0.1) is 24.6 Å². The van der Waals surface area contributed by atoms with Crippen molar-refractivity contribution in [3.8, 4) is 5.75 Å². The summed E-state index contributed by atoms with van der Waals surface area (Å²) in [7, 11) is 1.62. The van der Waals surface area contributed by atoms with Gasteiger partial charge in [0.15, 0.2) is 0 Å². The molecule has 0 spiro atoms. The molecule has 150 valence electrons. The Morgan fingerprint density at radius 3 is 2.55 bits per heavy atom. The van der Waals surface area contributed by atoms with Gasteiger partial charge < -0.3 is 15.2 Å². The van der Waals surface area contributed by atoms with Gasteiger partial charge in [-0.2, -0.15) is 10.2 Å². The normalized spacial score (nSPS) is 11.8. The van der Waals surface area contributed by atoms with Gasteiger partial charge in [-0.1, -0.05) is 11.6 Å². The third-order valence-electron chi connectivity index (χ3n) is 4.30. The number of nitrogens with one attached hydrogen (secondary N) is 3. The van der Waals surface area contributed by atoms with Crippen molar-refractivity contribution in [2.45, 2.75) is 13.3 Å². The van der Waals surface area contributed by atoms with Crippen molar-refractivity contribution >= 4 is 29.2 Å². The number of hydrogen-bond acceptors (Lipinski definition) is 5. The molecule has 1 heterocycles. The molecule has 0 bridgehead atoms. The Labute approximate surface area is 173 Å². The average Bonchev–Trinajstić information content (AvgIpc) is 3.10. The molecular formula is C21H22ClN5O2. The zero-order chi connectivity index (χ0) is 20.6. The number of halogens is 1. The van der Waals surface area contributed by atoms with Crippen LogP contribution in [-0.2, 0) is 6.42 Å². The smallest absolute Gasteiger partial charge is 0.273 e. The summed E-state index contributed by atoms with van der Waals surface area (Å²) in [5, 5.41) is 17.8. The summed E-state index contributed by atoms with van der Waals surface area (Å²) in [4.78, 5) is 12.2. The van der Waals surface area contributed by atoms with Crippen molar-refractivity contribution in [3.63, 3.8) is 0 Å². The first-order valence-corrected chi connectivity index (χ1v) is 9.45. The van der Waals surface area contributed by atoms with E-state index in [1.807, 2.05) is 48.5 Å². The molecule has 3 rings (SSSR count). The van der Waals surface area contributed by atoms with E-state index in [-0.39, 0.29) is 5.56 Å². The quantitative estimate of drug-likeness (QED) is 0.388. The van der Waals surface area contributed by atoms with Crippen molar-refractivity contribution in [2.75, 3.05) is 19.0 Å². The average molecular weight is 412 g/mol. The first kappa shape index (κ1) is 20.4. The molecule has 3 aromatic rings. The van der Waals surface area contributed by atoms with Crippen LogP contribution < -0.4 is 15.6 Å². The van der Waals surface area contributed by atoms with Crippen molar-refractivity contribution < 1.29 is 4.74 Å². The molecular weight excluding hydrogens is 390 g/mol. The zero-order valence-corrected chi connectivity index (χ0v) is 17.0. The van der Waals surface area contributed by atoms with Gasteiger partial charge in [-0.15, -0.1) is 0 Å². The van der Waals surface area contributed by atoms with Crippen molar-refractivity contribution in [1.29, 1.82) is 0 Å². The maximum absolute atomic E-state index is 12.2. The monoisotopic (exact) mass is 411 g/mol. The minimum atomic E-state index is -0.215. The van der Waals surface area contributed by atoms with Crippen LogP contribution in [0.1, 0.15) is 23.7 Å². The first-order valence-electron chi connectivity index (χ1n) is 9.08. The number of rotatable bonds is 8. The standard InChI is InChI=1S/C21H22ClN5O2/c1-14(25-24-13-15-3-9-18(29-2)10-4-15)20-19(26-27-21(20)28)11-12-23-17-7-5-16(22)6-8-17/h3-10,13,23H,11-12H2,1-2H3,(H2,26,27,28). The van der Waals surface area contributed by atoms with Crippen LogP contribution in [-0.4, -0.2) is 35.8 Å². The lowest BCUT2D eigenvalue weighted by molar-refractivity contribution is 0.415.